The molecule has 134 valence electrons. The zero-order valence-electron chi connectivity index (χ0n) is 13.4. The molecule has 6 nitrogen and oxygen atoms in total. The van der Waals surface area contributed by atoms with Crippen molar-refractivity contribution in [2.45, 2.75) is 18.7 Å². The van der Waals surface area contributed by atoms with Crippen molar-refractivity contribution < 1.29 is 22.7 Å². The van der Waals surface area contributed by atoms with E-state index in [4.69, 9.17) is 10.00 Å². The number of alkyl halides is 3. The Morgan fingerprint density at radius 1 is 1.23 bits per heavy atom. The quantitative estimate of drug-likeness (QED) is 0.839. The average Bonchev–Trinajstić information content (AvgIpc) is 3.09. The maximum atomic E-state index is 12.6. The number of nitrogens with zero attached hydrogens (tertiary/aromatic N) is 4. The molecule has 1 atom stereocenters. The molecular formula is C17H13F3N4O2. The molecular weight excluding hydrogens is 349 g/mol. The third-order valence-corrected chi connectivity index (χ3v) is 3.94. The minimum Gasteiger partial charge on any atom is -0.470 e. The monoisotopic (exact) mass is 362 g/mol. The van der Waals surface area contributed by atoms with Gasteiger partial charge in [-0.25, -0.2) is 9.97 Å². The number of rotatable bonds is 3. The van der Waals surface area contributed by atoms with Gasteiger partial charge < -0.3 is 9.64 Å². The van der Waals surface area contributed by atoms with Crippen molar-refractivity contribution in [3.05, 3.63) is 53.5 Å². The van der Waals surface area contributed by atoms with Gasteiger partial charge in [-0.15, -0.1) is 0 Å². The summed E-state index contributed by atoms with van der Waals surface area (Å²) in [6, 6.07) is 5.97. The van der Waals surface area contributed by atoms with E-state index in [-0.39, 0.29) is 35.7 Å². The van der Waals surface area contributed by atoms with Crippen molar-refractivity contribution in [3.63, 3.8) is 0 Å². The summed E-state index contributed by atoms with van der Waals surface area (Å²) in [4.78, 5) is 21.7. The van der Waals surface area contributed by atoms with E-state index in [9.17, 15) is 18.0 Å². The fraction of sp³-hybridized carbons (Fsp3) is 0.294. The van der Waals surface area contributed by atoms with Crippen LogP contribution in [0, 0.1) is 11.3 Å². The summed E-state index contributed by atoms with van der Waals surface area (Å²) in [6.07, 6.45) is -1.51. The topological polar surface area (TPSA) is 79.1 Å². The summed E-state index contributed by atoms with van der Waals surface area (Å²) in [5.74, 6) is -0.270. The van der Waals surface area contributed by atoms with Crippen LogP contribution in [0.3, 0.4) is 0 Å². The minimum absolute atomic E-state index is 0.0556. The summed E-state index contributed by atoms with van der Waals surface area (Å²) < 4.78 is 43.4. The highest BCUT2D eigenvalue weighted by Crippen LogP contribution is 2.29. The first-order valence-corrected chi connectivity index (χ1v) is 7.73. The summed E-state index contributed by atoms with van der Waals surface area (Å²) in [7, 11) is 0. The van der Waals surface area contributed by atoms with Gasteiger partial charge in [-0.1, -0.05) is 0 Å². The van der Waals surface area contributed by atoms with Crippen molar-refractivity contribution in [2.24, 2.45) is 0 Å². The molecule has 9 heteroatoms. The number of halogens is 3. The first-order chi connectivity index (χ1) is 12.4. The summed E-state index contributed by atoms with van der Waals surface area (Å²) >= 11 is 0. The van der Waals surface area contributed by atoms with Gasteiger partial charge in [-0.3, -0.25) is 4.79 Å². The number of carbonyl (C=O) groups excluding carboxylic acids is 1. The Balaban J connectivity index is 1.65. The van der Waals surface area contributed by atoms with Crippen LogP contribution in [0.15, 0.2) is 36.7 Å². The molecule has 1 aromatic heterocycles. The van der Waals surface area contributed by atoms with Crippen LogP contribution < -0.4 is 4.74 Å². The van der Waals surface area contributed by atoms with Crippen LogP contribution in [0.4, 0.5) is 13.2 Å². The summed E-state index contributed by atoms with van der Waals surface area (Å²) in [5.41, 5.74) is -0.570. The number of amides is 1. The number of nitriles is 1. The molecule has 0 spiro atoms. The van der Waals surface area contributed by atoms with E-state index in [2.05, 4.69) is 9.97 Å². The Morgan fingerprint density at radius 3 is 2.58 bits per heavy atom. The lowest BCUT2D eigenvalue weighted by molar-refractivity contribution is -0.137. The zero-order chi connectivity index (χ0) is 18.7. The Labute approximate surface area is 146 Å². The standard InChI is InChI=1S/C17H13F3N4O2/c18-17(19,20)12-3-1-11(2-4-12)16(25)24-8-5-13(10-24)26-15-14(9-21)22-6-7-23-15/h1-4,6-7,13H,5,8,10H2. The Hall–Kier alpha value is -3.15. The molecule has 0 bridgehead atoms. The molecule has 2 heterocycles. The van der Waals surface area contributed by atoms with Gasteiger partial charge in [0.2, 0.25) is 5.69 Å². The van der Waals surface area contributed by atoms with Crippen LogP contribution in [-0.4, -0.2) is 40.0 Å². The van der Waals surface area contributed by atoms with Crippen LogP contribution in [0.5, 0.6) is 5.88 Å². The summed E-state index contributed by atoms with van der Waals surface area (Å²) in [5, 5.41) is 8.98. The second-order valence-corrected chi connectivity index (χ2v) is 5.68. The molecule has 3 rings (SSSR count). The second kappa shape index (κ2) is 7.00. The van der Waals surface area contributed by atoms with Gasteiger partial charge >= 0.3 is 6.18 Å². The molecule has 1 aliphatic heterocycles. The van der Waals surface area contributed by atoms with Crippen LogP contribution in [0.25, 0.3) is 0 Å². The Kier molecular flexibility index (Phi) is 4.75. The van der Waals surface area contributed by atoms with Crippen LogP contribution >= 0.6 is 0 Å². The highest BCUT2D eigenvalue weighted by Gasteiger charge is 2.32. The van der Waals surface area contributed by atoms with E-state index in [0.29, 0.717) is 13.0 Å². The lowest BCUT2D eigenvalue weighted by atomic mass is 10.1. The third-order valence-electron chi connectivity index (χ3n) is 3.94. The summed E-state index contributed by atoms with van der Waals surface area (Å²) in [6.45, 7) is 0.647. The molecule has 1 aromatic carbocycles. The van der Waals surface area contributed by atoms with Crippen molar-refractivity contribution in [1.82, 2.24) is 14.9 Å². The predicted molar refractivity (Wildman–Crippen MR) is 83.1 cm³/mol. The molecule has 0 saturated carbocycles. The van der Waals surface area contributed by atoms with E-state index in [1.807, 2.05) is 6.07 Å². The first-order valence-electron chi connectivity index (χ1n) is 7.73. The largest absolute Gasteiger partial charge is 0.470 e. The Bertz CT molecular complexity index is 846. The van der Waals surface area contributed by atoms with Gasteiger partial charge in [0.1, 0.15) is 12.2 Å². The lowest BCUT2D eigenvalue weighted by Gasteiger charge is -2.17. The molecule has 0 radical (unpaired) electrons. The molecule has 1 amide bonds. The van der Waals surface area contributed by atoms with Gasteiger partial charge in [-0.05, 0) is 24.3 Å². The molecule has 0 aliphatic carbocycles. The van der Waals surface area contributed by atoms with Crippen LogP contribution in [0.1, 0.15) is 28.0 Å². The van der Waals surface area contributed by atoms with E-state index in [1.54, 1.807) is 0 Å². The van der Waals surface area contributed by atoms with Crippen molar-refractivity contribution >= 4 is 5.91 Å². The zero-order valence-corrected chi connectivity index (χ0v) is 13.4. The molecule has 2 aromatic rings. The highest BCUT2D eigenvalue weighted by atomic mass is 19.4. The van der Waals surface area contributed by atoms with Crippen LogP contribution in [0.2, 0.25) is 0 Å². The SMILES string of the molecule is N#Cc1nccnc1OC1CCN(C(=O)c2ccc(C(F)(F)F)cc2)C1. The molecule has 1 fully saturated rings. The highest BCUT2D eigenvalue weighted by molar-refractivity contribution is 5.94. The molecule has 1 unspecified atom stereocenters. The molecule has 1 aliphatic rings. The smallest absolute Gasteiger partial charge is 0.416 e. The number of hydrogen-bond donors (Lipinski definition) is 0. The van der Waals surface area contributed by atoms with E-state index in [1.165, 1.54) is 17.3 Å². The fourth-order valence-electron chi connectivity index (χ4n) is 2.64. The predicted octanol–water partition coefficient (Wildman–Crippen LogP) is 2.66. The fourth-order valence-corrected chi connectivity index (χ4v) is 2.64. The van der Waals surface area contributed by atoms with E-state index < -0.39 is 11.7 Å². The number of aromatic nitrogens is 2. The maximum Gasteiger partial charge on any atom is 0.416 e. The third kappa shape index (κ3) is 3.74. The number of hydrogen-bond acceptors (Lipinski definition) is 5. The second-order valence-electron chi connectivity index (χ2n) is 5.68. The van der Waals surface area contributed by atoms with Gasteiger partial charge in [0.05, 0.1) is 12.1 Å². The molecule has 26 heavy (non-hydrogen) atoms. The van der Waals surface area contributed by atoms with Crippen molar-refractivity contribution in [2.75, 3.05) is 13.1 Å². The number of benzene rings is 1. The Morgan fingerprint density at radius 2 is 1.92 bits per heavy atom. The minimum atomic E-state index is -4.44. The average molecular weight is 362 g/mol. The number of ether oxygens (including phenoxy) is 1. The van der Waals surface area contributed by atoms with Gasteiger partial charge in [-0.2, -0.15) is 18.4 Å². The molecule has 0 N–H and O–H groups in total. The number of carbonyl (C=O) groups is 1. The van der Waals surface area contributed by atoms with Crippen molar-refractivity contribution in [3.8, 4) is 11.9 Å². The normalized spacial score (nSPS) is 17.0. The lowest BCUT2D eigenvalue weighted by Crippen LogP contribution is -2.31. The van der Waals surface area contributed by atoms with E-state index >= 15 is 0 Å². The van der Waals surface area contributed by atoms with Gasteiger partial charge in [0.15, 0.2) is 0 Å². The van der Waals surface area contributed by atoms with Crippen LogP contribution in [-0.2, 0) is 6.18 Å². The van der Waals surface area contributed by atoms with E-state index in [0.717, 1.165) is 24.3 Å². The maximum absolute atomic E-state index is 12.6. The van der Waals surface area contributed by atoms with Crippen molar-refractivity contribution in [1.29, 1.82) is 5.26 Å². The van der Waals surface area contributed by atoms with Gasteiger partial charge in [0, 0.05) is 30.9 Å². The van der Waals surface area contributed by atoms with Gasteiger partial charge in [0.25, 0.3) is 11.8 Å². The number of likely N-dealkylation sites (tertiary alicyclic amines) is 1. The molecule has 1 saturated heterocycles. The first kappa shape index (κ1) is 17.7.